The number of anilines is 1. The number of nitro groups is 1. The fourth-order valence-corrected chi connectivity index (χ4v) is 1.77. The minimum absolute atomic E-state index is 0.0330. The Bertz CT molecular complexity index is 556. The van der Waals surface area contributed by atoms with E-state index in [4.69, 9.17) is 5.73 Å². The zero-order chi connectivity index (χ0) is 15.4. The minimum atomic E-state index is -0.814. The number of carbonyl (C=O) groups excluding carboxylic acids is 2. The number of urea groups is 1. The average Bonchev–Trinajstić information content (AvgIpc) is 2.36. The van der Waals surface area contributed by atoms with Crippen molar-refractivity contribution in [3.8, 4) is 0 Å². The maximum Gasteiger partial charge on any atom is 0.339 e. The van der Waals surface area contributed by atoms with Crippen molar-refractivity contribution >= 4 is 23.4 Å². The molecule has 0 bridgehead atoms. The maximum absolute atomic E-state index is 11.7. The molecule has 0 saturated carbocycles. The predicted molar refractivity (Wildman–Crippen MR) is 71.6 cm³/mol. The van der Waals surface area contributed by atoms with Crippen LogP contribution in [0.3, 0.4) is 0 Å². The maximum atomic E-state index is 11.7. The van der Waals surface area contributed by atoms with Gasteiger partial charge >= 0.3 is 12.0 Å². The summed E-state index contributed by atoms with van der Waals surface area (Å²) >= 11 is 0. The van der Waals surface area contributed by atoms with Crippen LogP contribution in [0.15, 0.2) is 18.2 Å². The molecule has 0 saturated heterocycles. The standard InChI is InChI=1S/C12H15N3O5/c1-7(2)14(12(13)17)10-6-8(15(18)19)4-5-9(10)11(16)20-3/h4-7H,1-3H3,(H2,13,17). The molecule has 0 aliphatic heterocycles. The first-order valence-corrected chi connectivity index (χ1v) is 5.75. The van der Waals surface area contributed by atoms with E-state index in [0.29, 0.717) is 0 Å². The zero-order valence-electron chi connectivity index (χ0n) is 11.3. The third-order valence-corrected chi connectivity index (χ3v) is 2.61. The second kappa shape index (κ2) is 6.00. The number of carbonyl (C=O) groups is 2. The van der Waals surface area contributed by atoms with E-state index in [-0.39, 0.29) is 23.0 Å². The van der Waals surface area contributed by atoms with Gasteiger partial charge in [0.05, 0.1) is 23.3 Å². The SMILES string of the molecule is COC(=O)c1ccc([N+](=O)[O-])cc1N(C(N)=O)C(C)C. The van der Waals surface area contributed by atoms with Gasteiger partial charge in [-0.15, -0.1) is 0 Å². The monoisotopic (exact) mass is 281 g/mol. The van der Waals surface area contributed by atoms with E-state index in [1.54, 1.807) is 13.8 Å². The molecule has 0 aliphatic rings. The van der Waals surface area contributed by atoms with E-state index in [1.165, 1.54) is 13.2 Å². The van der Waals surface area contributed by atoms with Gasteiger partial charge in [-0.1, -0.05) is 0 Å². The third-order valence-electron chi connectivity index (χ3n) is 2.61. The van der Waals surface area contributed by atoms with Crippen molar-refractivity contribution in [2.24, 2.45) is 5.73 Å². The lowest BCUT2D eigenvalue weighted by molar-refractivity contribution is -0.384. The highest BCUT2D eigenvalue weighted by Crippen LogP contribution is 2.28. The van der Waals surface area contributed by atoms with Crippen molar-refractivity contribution in [3.05, 3.63) is 33.9 Å². The molecule has 0 fully saturated rings. The topological polar surface area (TPSA) is 116 Å². The van der Waals surface area contributed by atoms with Crippen molar-refractivity contribution < 1.29 is 19.2 Å². The van der Waals surface area contributed by atoms with Crippen molar-refractivity contribution in [2.75, 3.05) is 12.0 Å². The van der Waals surface area contributed by atoms with E-state index >= 15 is 0 Å². The Balaban J connectivity index is 3.52. The molecule has 1 aromatic rings. The molecule has 0 aliphatic carbocycles. The number of nitro benzene ring substituents is 1. The van der Waals surface area contributed by atoms with Gasteiger partial charge in [-0.3, -0.25) is 15.0 Å². The number of methoxy groups -OCH3 is 1. The normalized spacial score (nSPS) is 10.2. The van der Waals surface area contributed by atoms with Crippen LogP contribution in [0, 0.1) is 10.1 Å². The lowest BCUT2D eigenvalue weighted by atomic mass is 10.1. The molecule has 20 heavy (non-hydrogen) atoms. The van der Waals surface area contributed by atoms with Gasteiger partial charge < -0.3 is 10.5 Å². The number of non-ortho nitro benzene ring substituents is 1. The number of amides is 2. The van der Waals surface area contributed by atoms with Crippen LogP contribution in [-0.2, 0) is 4.74 Å². The summed E-state index contributed by atoms with van der Waals surface area (Å²) in [5.41, 5.74) is 5.10. The Labute approximate surface area is 115 Å². The van der Waals surface area contributed by atoms with Gasteiger partial charge in [0.2, 0.25) is 0 Å². The molecule has 8 nitrogen and oxygen atoms in total. The summed E-state index contributed by atoms with van der Waals surface area (Å²) in [5, 5.41) is 10.8. The number of nitrogens with zero attached hydrogens (tertiary/aromatic N) is 2. The summed E-state index contributed by atoms with van der Waals surface area (Å²) in [6.45, 7) is 3.34. The average molecular weight is 281 g/mol. The summed E-state index contributed by atoms with van der Waals surface area (Å²) in [4.78, 5) is 34.5. The number of benzene rings is 1. The lowest BCUT2D eigenvalue weighted by Gasteiger charge is -2.26. The Morgan fingerprint density at radius 3 is 2.40 bits per heavy atom. The number of rotatable bonds is 4. The van der Waals surface area contributed by atoms with E-state index in [9.17, 15) is 19.7 Å². The first kappa shape index (κ1) is 15.4. The largest absolute Gasteiger partial charge is 0.465 e. The predicted octanol–water partition coefficient (Wildman–Crippen LogP) is 1.67. The van der Waals surface area contributed by atoms with Crippen LogP contribution in [-0.4, -0.2) is 30.1 Å². The Morgan fingerprint density at radius 2 is 2.00 bits per heavy atom. The molecule has 2 N–H and O–H groups in total. The summed E-state index contributed by atoms with van der Waals surface area (Å²) in [6, 6.07) is 2.33. The van der Waals surface area contributed by atoms with E-state index in [0.717, 1.165) is 17.0 Å². The van der Waals surface area contributed by atoms with Crippen molar-refractivity contribution in [1.29, 1.82) is 0 Å². The van der Waals surface area contributed by atoms with E-state index in [2.05, 4.69) is 4.74 Å². The fourth-order valence-electron chi connectivity index (χ4n) is 1.77. The van der Waals surface area contributed by atoms with Crippen LogP contribution >= 0.6 is 0 Å². The van der Waals surface area contributed by atoms with Gasteiger partial charge in [0, 0.05) is 18.2 Å². The first-order chi connectivity index (χ1) is 9.29. The van der Waals surface area contributed by atoms with Crippen LogP contribution in [0.1, 0.15) is 24.2 Å². The summed E-state index contributed by atoms with van der Waals surface area (Å²) in [5.74, 6) is -0.707. The number of ether oxygens (including phenoxy) is 1. The highest BCUT2D eigenvalue weighted by atomic mass is 16.6. The van der Waals surface area contributed by atoms with Crippen molar-refractivity contribution in [3.63, 3.8) is 0 Å². The molecule has 0 atom stereocenters. The molecule has 0 radical (unpaired) electrons. The number of hydrogen-bond acceptors (Lipinski definition) is 5. The second-order valence-electron chi connectivity index (χ2n) is 4.25. The molecule has 1 rings (SSSR count). The van der Waals surface area contributed by atoms with Crippen LogP contribution in [0.2, 0.25) is 0 Å². The molecular weight excluding hydrogens is 266 g/mol. The molecular formula is C12H15N3O5. The van der Waals surface area contributed by atoms with Crippen LogP contribution < -0.4 is 10.6 Å². The van der Waals surface area contributed by atoms with Crippen LogP contribution in [0.25, 0.3) is 0 Å². The highest BCUT2D eigenvalue weighted by Gasteiger charge is 2.25. The first-order valence-electron chi connectivity index (χ1n) is 5.75. The molecule has 0 unspecified atom stereocenters. The molecule has 2 amide bonds. The Kier molecular flexibility index (Phi) is 4.63. The molecule has 108 valence electrons. The van der Waals surface area contributed by atoms with Crippen molar-refractivity contribution in [2.45, 2.75) is 19.9 Å². The zero-order valence-corrected chi connectivity index (χ0v) is 11.3. The lowest BCUT2D eigenvalue weighted by Crippen LogP contribution is -2.41. The number of hydrogen-bond donors (Lipinski definition) is 1. The van der Waals surface area contributed by atoms with Gasteiger partial charge in [0.15, 0.2) is 0 Å². The fraction of sp³-hybridized carbons (Fsp3) is 0.333. The Hall–Kier alpha value is -2.64. The number of esters is 1. The Morgan fingerprint density at radius 1 is 1.40 bits per heavy atom. The van der Waals surface area contributed by atoms with Gasteiger partial charge in [-0.05, 0) is 19.9 Å². The molecule has 1 aromatic carbocycles. The minimum Gasteiger partial charge on any atom is -0.465 e. The smallest absolute Gasteiger partial charge is 0.339 e. The van der Waals surface area contributed by atoms with Gasteiger partial charge in [0.1, 0.15) is 0 Å². The molecule has 0 heterocycles. The summed E-state index contributed by atoms with van der Waals surface area (Å²) in [6.07, 6.45) is 0. The quantitative estimate of drug-likeness (QED) is 0.512. The number of nitrogens with two attached hydrogens (primary N) is 1. The van der Waals surface area contributed by atoms with Crippen LogP contribution in [0.4, 0.5) is 16.2 Å². The molecule has 8 heteroatoms. The summed E-state index contributed by atoms with van der Waals surface area (Å²) in [7, 11) is 1.18. The van der Waals surface area contributed by atoms with Crippen molar-refractivity contribution in [1.82, 2.24) is 0 Å². The molecule has 0 aromatic heterocycles. The van der Waals surface area contributed by atoms with Gasteiger partial charge in [-0.25, -0.2) is 9.59 Å². The third kappa shape index (κ3) is 3.02. The number of primary amides is 1. The van der Waals surface area contributed by atoms with Gasteiger partial charge in [0.25, 0.3) is 5.69 Å². The van der Waals surface area contributed by atoms with E-state index in [1.807, 2.05) is 0 Å². The summed E-state index contributed by atoms with van der Waals surface area (Å²) < 4.78 is 4.60. The van der Waals surface area contributed by atoms with Gasteiger partial charge in [-0.2, -0.15) is 0 Å². The highest BCUT2D eigenvalue weighted by molar-refractivity contribution is 6.02. The molecule has 0 spiro atoms. The van der Waals surface area contributed by atoms with Crippen LogP contribution in [0.5, 0.6) is 0 Å². The second-order valence-corrected chi connectivity index (χ2v) is 4.25. The van der Waals surface area contributed by atoms with E-state index < -0.39 is 16.9 Å².